The van der Waals surface area contributed by atoms with Crippen LogP contribution in [0.3, 0.4) is 0 Å². The van der Waals surface area contributed by atoms with Crippen molar-refractivity contribution in [3.63, 3.8) is 0 Å². The summed E-state index contributed by atoms with van der Waals surface area (Å²) >= 11 is 8.27. The molecule has 1 amide bonds. The van der Waals surface area contributed by atoms with Crippen LogP contribution in [0, 0.1) is 3.57 Å². The third-order valence-corrected chi connectivity index (χ3v) is 4.47. The molecule has 1 aromatic heterocycles. The lowest BCUT2D eigenvalue weighted by Gasteiger charge is -2.06. The first-order valence-electron chi connectivity index (χ1n) is 6.63. The summed E-state index contributed by atoms with van der Waals surface area (Å²) in [6, 6.07) is 12.3. The Morgan fingerprint density at radius 1 is 1.13 bits per heavy atom. The minimum Gasteiger partial charge on any atom is -0.290 e. The number of halogens is 2. The molecule has 0 unspecified atom stereocenters. The van der Waals surface area contributed by atoms with Gasteiger partial charge in [0.25, 0.3) is 11.8 Å². The Hall–Kier alpha value is -1.90. The summed E-state index contributed by atoms with van der Waals surface area (Å²) in [4.78, 5) is 24.8. The van der Waals surface area contributed by atoms with E-state index in [0.717, 1.165) is 3.57 Å². The molecular formula is C16H11ClIN3O2. The lowest BCUT2D eigenvalue weighted by molar-refractivity contribution is 0.0955. The van der Waals surface area contributed by atoms with E-state index in [9.17, 15) is 9.59 Å². The van der Waals surface area contributed by atoms with E-state index in [-0.39, 0.29) is 5.91 Å². The largest absolute Gasteiger partial charge is 0.290 e. The molecule has 0 fully saturated rings. The van der Waals surface area contributed by atoms with Crippen molar-refractivity contribution in [2.45, 2.75) is 0 Å². The summed E-state index contributed by atoms with van der Waals surface area (Å²) in [5.74, 6) is 4.46. The second kappa shape index (κ2) is 6.31. The predicted octanol–water partition coefficient (Wildman–Crippen LogP) is 3.19. The van der Waals surface area contributed by atoms with Crippen LogP contribution >= 0.6 is 34.2 Å². The molecule has 0 saturated carbocycles. The maximum atomic E-state index is 12.9. The average molecular weight is 440 g/mol. The van der Waals surface area contributed by atoms with Crippen LogP contribution in [0.5, 0.6) is 0 Å². The van der Waals surface area contributed by atoms with Crippen molar-refractivity contribution in [2.75, 3.05) is 0 Å². The van der Waals surface area contributed by atoms with Crippen molar-refractivity contribution in [1.29, 1.82) is 0 Å². The monoisotopic (exact) mass is 439 g/mol. The summed E-state index contributed by atoms with van der Waals surface area (Å²) in [7, 11) is 0. The summed E-state index contributed by atoms with van der Waals surface area (Å²) in [6.07, 6.45) is 1.48. The summed E-state index contributed by atoms with van der Waals surface area (Å²) < 4.78 is 2.31. The molecule has 0 bridgehead atoms. The zero-order chi connectivity index (χ0) is 16.6. The summed E-state index contributed by atoms with van der Waals surface area (Å²) in [5, 5.41) is 1.00. The van der Waals surface area contributed by atoms with Crippen molar-refractivity contribution in [3.05, 3.63) is 68.4 Å². The van der Waals surface area contributed by atoms with Gasteiger partial charge in [0, 0.05) is 15.2 Å². The fourth-order valence-electron chi connectivity index (χ4n) is 2.40. The number of nitrogens with zero attached hydrogens (tertiary/aromatic N) is 1. The van der Waals surface area contributed by atoms with Crippen molar-refractivity contribution >= 4 is 56.9 Å². The fourth-order valence-corrected chi connectivity index (χ4v) is 3.09. The fraction of sp³-hybridized carbons (Fsp3) is 0. The predicted molar refractivity (Wildman–Crippen MR) is 97.5 cm³/mol. The molecule has 0 radical (unpaired) electrons. The number of amides is 1. The van der Waals surface area contributed by atoms with E-state index in [0.29, 0.717) is 27.1 Å². The van der Waals surface area contributed by atoms with Crippen molar-refractivity contribution < 1.29 is 9.59 Å². The van der Waals surface area contributed by atoms with Gasteiger partial charge in [0.05, 0.1) is 21.7 Å². The van der Waals surface area contributed by atoms with Crippen LogP contribution in [-0.2, 0) is 0 Å². The van der Waals surface area contributed by atoms with Gasteiger partial charge in [-0.05, 0) is 46.9 Å². The number of carbonyl (C=O) groups is 2. The van der Waals surface area contributed by atoms with Crippen LogP contribution in [0.4, 0.5) is 0 Å². The highest BCUT2D eigenvalue weighted by Gasteiger charge is 2.20. The van der Waals surface area contributed by atoms with Crippen LogP contribution in [0.1, 0.15) is 20.7 Å². The number of hydrogen-bond acceptors (Lipinski definition) is 3. The van der Waals surface area contributed by atoms with E-state index in [2.05, 4.69) is 28.0 Å². The average Bonchev–Trinajstić information content (AvgIpc) is 2.95. The van der Waals surface area contributed by atoms with Gasteiger partial charge in [-0.25, -0.2) is 5.84 Å². The van der Waals surface area contributed by atoms with Crippen LogP contribution in [0.25, 0.3) is 10.9 Å². The van der Waals surface area contributed by atoms with E-state index in [4.69, 9.17) is 17.4 Å². The van der Waals surface area contributed by atoms with Crippen LogP contribution in [0.15, 0.2) is 48.7 Å². The smallest absolute Gasteiger partial charge is 0.267 e. The molecule has 116 valence electrons. The number of para-hydroxylation sites is 1. The molecule has 0 aliphatic rings. The highest BCUT2D eigenvalue weighted by molar-refractivity contribution is 14.1. The van der Waals surface area contributed by atoms with E-state index in [1.807, 2.05) is 6.07 Å². The Bertz CT molecular complexity index is 936. The maximum Gasteiger partial charge on any atom is 0.267 e. The molecule has 3 aromatic rings. The molecular weight excluding hydrogens is 429 g/mol. The van der Waals surface area contributed by atoms with Crippen molar-refractivity contribution in [1.82, 2.24) is 9.99 Å². The van der Waals surface area contributed by atoms with Gasteiger partial charge in [-0.3, -0.25) is 19.6 Å². The Kier molecular flexibility index (Phi) is 4.38. The number of rotatable bonds is 2. The molecule has 2 aromatic carbocycles. The highest BCUT2D eigenvalue weighted by atomic mass is 127. The highest BCUT2D eigenvalue weighted by Crippen LogP contribution is 2.25. The van der Waals surface area contributed by atoms with Gasteiger partial charge in [0.15, 0.2) is 0 Å². The van der Waals surface area contributed by atoms with Gasteiger partial charge < -0.3 is 0 Å². The van der Waals surface area contributed by atoms with Crippen LogP contribution < -0.4 is 11.3 Å². The number of hydrazine groups is 1. The van der Waals surface area contributed by atoms with E-state index >= 15 is 0 Å². The van der Waals surface area contributed by atoms with Gasteiger partial charge >= 0.3 is 0 Å². The maximum absolute atomic E-state index is 12.9. The third kappa shape index (κ3) is 2.85. The SMILES string of the molecule is NNC(=O)c1cn(C(=O)c2cc(I)ccc2Cl)c2ccccc12. The van der Waals surface area contributed by atoms with Crippen molar-refractivity contribution in [3.8, 4) is 0 Å². The molecule has 0 aliphatic heterocycles. The van der Waals surface area contributed by atoms with E-state index in [1.165, 1.54) is 10.8 Å². The third-order valence-electron chi connectivity index (χ3n) is 3.47. The van der Waals surface area contributed by atoms with E-state index < -0.39 is 5.91 Å². The van der Waals surface area contributed by atoms with Gasteiger partial charge in [-0.15, -0.1) is 0 Å². The number of nitrogens with two attached hydrogens (primary N) is 1. The number of carbonyl (C=O) groups excluding carboxylic acids is 2. The van der Waals surface area contributed by atoms with Crippen molar-refractivity contribution in [2.24, 2.45) is 5.84 Å². The standard InChI is InChI=1S/C16H11ClIN3O2/c17-13-6-5-9(18)7-11(13)16(23)21-8-12(15(22)20-19)10-3-1-2-4-14(10)21/h1-8H,19H2,(H,20,22). The minimum atomic E-state index is -0.457. The molecule has 5 nitrogen and oxygen atoms in total. The van der Waals surface area contributed by atoms with Crippen LogP contribution in [-0.4, -0.2) is 16.4 Å². The summed E-state index contributed by atoms with van der Waals surface area (Å²) in [5.41, 5.74) is 3.42. The van der Waals surface area contributed by atoms with Gasteiger partial charge in [0.2, 0.25) is 0 Å². The molecule has 3 N–H and O–H groups in total. The zero-order valence-corrected chi connectivity index (χ0v) is 14.6. The Balaban J connectivity index is 2.22. The van der Waals surface area contributed by atoms with Gasteiger partial charge in [-0.2, -0.15) is 0 Å². The first-order valence-corrected chi connectivity index (χ1v) is 8.09. The first kappa shape index (κ1) is 16.0. The van der Waals surface area contributed by atoms with Gasteiger partial charge in [0.1, 0.15) is 0 Å². The Labute approximate surface area is 150 Å². The molecule has 0 atom stereocenters. The molecule has 7 heteroatoms. The summed E-state index contributed by atoms with van der Waals surface area (Å²) in [6.45, 7) is 0. The number of benzene rings is 2. The quantitative estimate of drug-likeness (QED) is 0.279. The zero-order valence-electron chi connectivity index (χ0n) is 11.7. The molecule has 0 saturated heterocycles. The number of aromatic nitrogens is 1. The Morgan fingerprint density at radius 2 is 1.87 bits per heavy atom. The number of nitrogen functional groups attached to an aromatic ring is 1. The number of hydrogen-bond donors (Lipinski definition) is 2. The normalized spacial score (nSPS) is 10.7. The molecule has 3 rings (SSSR count). The molecule has 23 heavy (non-hydrogen) atoms. The second-order valence-corrected chi connectivity index (χ2v) is 6.49. The van der Waals surface area contributed by atoms with Crippen LogP contribution in [0.2, 0.25) is 5.02 Å². The van der Waals surface area contributed by atoms with E-state index in [1.54, 1.807) is 36.4 Å². The Morgan fingerprint density at radius 3 is 2.61 bits per heavy atom. The van der Waals surface area contributed by atoms with Gasteiger partial charge in [-0.1, -0.05) is 29.8 Å². The minimum absolute atomic E-state index is 0.305. The molecule has 0 spiro atoms. The number of nitrogens with one attached hydrogen (secondary N) is 1. The topological polar surface area (TPSA) is 77.1 Å². The first-order chi connectivity index (χ1) is 11.0. The molecule has 1 heterocycles. The second-order valence-electron chi connectivity index (χ2n) is 4.83. The number of fused-ring (bicyclic) bond motifs is 1. The lowest BCUT2D eigenvalue weighted by atomic mass is 10.1. The molecule has 0 aliphatic carbocycles. The lowest BCUT2D eigenvalue weighted by Crippen LogP contribution is -2.29.